The van der Waals surface area contributed by atoms with Crippen molar-refractivity contribution in [1.29, 1.82) is 0 Å². The lowest BCUT2D eigenvalue weighted by Gasteiger charge is -2.32. The van der Waals surface area contributed by atoms with Gasteiger partial charge in [0.05, 0.1) is 5.52 Å². The van der Waals surface area contributed by atoms with Crippen LogP contribution < -0.4 is 0 Å². The number of pyridine rings is 2. The molecule has 1 unspecified atom stereocenters. The third-order valence-corrected chi connectivity index (χ3v) is 4.88. The lowest BCUT2D eigenvalue weighted by atomic mass is 9.92. The van der Waals surface area contributed by atoms with E-state index in [0.717, 1.165) is 54.5 Å². The van der Waals surface area contributed by atoms with E-state index in [4.69, 9.17) is 0 Å². The highest BCUT2D eigenvalue weighted by Crippen LogP contribution is 2.22. The highest BCUT2D eigenvalue weighted by molar-refractivity contribution is 5.98. The van der Waals surface area contributed by atoms with Crippen LogP contribution in [0.2, 0.25) is 0 Å². The third-order valence-electron chi connectivity index (χ3n) is 4.88. The van der Waals surface area contributed by atoms with Crippen LogP contribution in [-0.2, 0) is 6.42 Å². The predicted octanol–water partition coefficient (Wildman–Crippen LogP) is 3.72. The number of amides is 1. The van der Waals surface area contributed by atoms with E-state index in [1.165, 1.54) is 0 Å². The molecule has 1 aliphatic rings. The first-order valence-electron chi connectivity index (χ1n) is 8.83. The number of aromatic nitrogens is 2. The zero-order valence-corrected chi connectivity index (χ0v) is 14.1. The molecule has 4 nitrogen and oxygen atoms in total. The smallest absolute Gasteiger partial charge is 0.253 e. The largest absolute Gasteiger partial charge is 0.338 e. The van der Waals surface area contributed by atoms with E-state index in [0.29, 0.717) is 5.92 Å². The van der Waals surface area contributed by atoms with Crippen LogP contribution in [0.3, 0.4) is 0 Å². The van der Waals surface area contributed by atoms with E-state index < -0.39 is 0 Å². The Hall–Kier alpha value is -2.75. The second-order valence-corrected chi connectivity index (χ2v) is 6.70. The molecule has 25 heavy (non-hydrogen) atoms. The monoisotopic (exact) mass is 331 g/mol. The Morgan fingerprint density at radius 2 is 2.00 bits per heavy atom. The molecule has 0 radical (unpaired) electrons. The zero-order chi connectivity index (χ0) is 17.1. The zero-order valence-electron chi connectivity index (χ0n) is 14.1. The van der Waals surface area contributed by atoms with E-state index in [9.17, 15) is 4.79 Å². The Balaban J connectivity index is 1.49. The molecule has 2 aromatic heterocycles. The standard InChI is InChI=1S/C21H21N3O/c25-21(18-8-9-20-17(14-18)6-3-11-23-20)24-12-4-5-16(15-24)13-19-7-1-2-10-22-19/h1-3,6-11,14,16H,4-5,12-13,15H2. The summed E-state index contributed by atoms with van der Waals surface area (Å²) >= 11 is 0. The van der Waals surface area contributed by atoms with E-state index in [1.54, 1.807) is 6.20 Å². The van der Waals surface area contributed by atoms with Crippen molar-refractivity contribution < 1.29 is 4.79 Å². The fraction of sp³-hybridized carbons (Fsp3) is 0.286. The fourth-order valence-corrected chi connectivity index (χ4v) is 3.62. The minimum atomic E-state index is 0.122. The van der Waals surface area contributed by atoms with Gasteiger partial charge in [-0.2, -0.15) is 0 Å². The van der Waals surface area contributed by atoms with Crippen LogP contribution in [0.1, 0.15) is 28.9 Å². The van der Waals surface area contributed by atoms with Crippen molar-refractivity contribution in [2.45, 2.75) is 19.3 Å². The number of carbonyl (C=O) groups is 1. The summed E-state index contributed by atoms with van der Waals surface area (Å²) in [7, 11) is 0. The molecular weight excluding hydrogens is 310 g/mol. The highest BCUT2D eigenvalue weighted by Gasteiger charge is 2.25. The Bertz CT molecular complexity index is 878. The molecular formula is C21H21N3O. The summed E-state index contributed by atoms with van der Waals surface area (Å²) in [6, 6.07) is 15.7. The molecule has 1 fully saturated rings. The van der Waals surface area contributed by atoms with Crippen molar-refractivity contribution in [3.8, 4) is 0 Å². The third kappa shape index (κ3) is 3.53. The molecule has 1 aromatic carbocycles. The number of carbonyl (C=O) groups excluding carboxylic acids is 1. The number of fused-ring (bicyclic) bond motifs is 1. The second-order valence-electron chi connectivity index (χ2n) is 6.70. The van der Waals surface area contributed by atoms with Crippen LogP contribution >= 0.6 is 0 Å². The molecule has 1 amide bonds. The summed E-state index contributed by atoms with van der Waals surface area (Å²) in [6.07, 6.45) is 6.76. The van der Waals surface area contributed by atoms with Crippen molar-refractivity contribution in [1.82, 2.24) is 14.9 Å². The SMILES string of the molecule is O=C(c1ccc2ncccc2c1)N1CCCC(Cc2ccccn2)C1. The molecule has 0 spiro atoms. The van der Waals surface area contributed by atoms with Gasteiger partial charge >= 0.3 is 0 Å². The molecule has 4 heteroatoms. The minimum absolute atomic E-state index is 0.122. The lowest BCUT2D eigenvalue weighted by Crippen LogP contribution is -2.40. The number of likely N-dealkylation sites (tertiary alicyclic amines) is 1. The topological polar surface area (TPSA) is 46.1 Å². The van der Waals surface area contributed by atoms with Gasteiger partial charge in [0, 0.05) is 42.1 Å². The van der Waals surface area contributed by atoms with E-state index in [2.05, 4.69) is 16.0 Å². The van der Waals surface area contributed by atoms with Crippen LogP contribution in [0.5, 0.6) is 0 Å². The van der Waals surface area contributed by atoms with E-state index >= 15 is 0 Å². The molecule has 0 bridgehead atoms. The average Bonchev–Trinajstić information content (AvgIpc) is 2.68. The molecule has 1 saturated heterocycles. The first kappa shape index (κ1) is 15.8. The molecule has 3 aromatic rings. The van der Waals surface area contributed by atoms with Crippen LogP contribution in [0.4, 0.5) is 0 Å². The van der Waals surface area contributed by atoms with Gasteiger partial charge in [0.2, 0.25) is 0 Å². The molecule has 1 aliphatic heterocycles. The second kappa shape index (κ2) is 7.01. The molecule has 3 heterocycles. The summed E-state index contributed by atoms with van der Waals surface area (Å²) < 4.78 is 0. The van der Waals surface area contributed by atoms with E-state index in [-0.39, 0.29) is 5.91 Å². The fourth-order valence-electron chi connectivity index (χ4n) is 3.62. The molecule has 126 valence electrons. The quantitative estimate of drug-likeness (QED) is 0.735. The molecule has 0 saturated carbocycles. The van der Waals surface area contributed by atoms with Gasteiger partial charge < -0.3 is 4.90 Å². The van der Waals surface area contributed by atoms with Gasteiger partial charge in [-0.25, -0.2) is 0 Å². The number of nitrogens with zero attached hydrogens (tertiary/aromatic N) is 3. The van der Waals surface area contributed by atoms with Crippen molar-refractivity contribution >= 4 is 16.8 Å². The number of benzene rings is 1. The molecule has 4 rings (SSSR count). The Morgan fingerprint density at radius 3 is 2.88 bits per heavy atom. The summed E-state index contributed by atoms with van der Waals surface area (Å²) in [5.74, 6) is 0.603. The van der Waals surface area contributed by atoms with Crippen molar-refractivity contribution in [2.75, 3.05) is 13.1 Å². The summed E-state index contributed by atoms with van der Waals surface area (Å²) in [4.78, 5) is 23.7. The first-order chi connectivity index (χ1) is 12.3. The normalized spacial score (nSPS) is 17.6. The number of piperidine rings is 1. The predicted molar refractivity (Wildman–Crippen MR) is 98.3 cm³/mol. The first-order valence-corrected chi connectivity index (χ1v) is 8.83. The number of rotatable bonds is 3. The number of hydrogen-bond donors (Lipinski definition) is 0. The maximum atomic E-state index is 12.9. The van der Waals surface area contributed by atoms with Crippen molar-refractivity contribution in [3.63, 3.8) is 0 Å². The summed E-state index contributed by atoms with van der Waals surface area (Å²) in [5.41, 5.74) is 2.78. The van der Waals surface area contributed by atoms with Gasteiger partial charge in [-0.15, -0.1) is 0 Å². The summed E-state index contributed by atoms with van der Waals surface area (Å²) in [5, 5.41) is 1.01. The van der Waals surface area contributed by atoms with Gasteiger partial charge in [0.15, 0.2) is 0 Å². The van der Waals surface area contributed by atoms with Gasteiger partial charge in [-0.3, -0.25) is 14.8 Å². The van der Waals surface area contributed by atoms with Gasteiger partial charge in [-0.1, -0.05) is 12.1 Å². The number of hydrogen-bond acceptors (Lipinski definition) is 3. The van der Waals surface area contributed by atoms with Gasteiger partial charge in [0.1, 0.15) is 0 Å². The maximum absolute atomic E-state index is 12.9. The Kier molecular flexibility index (Phi) is 4.42. The highest BCUT2D eigenvalue weighted by atomic mass is 16.2. The molecule has 1 atom stereocenters. The lowest BCUT2D eigenvalue weighted by molar-refractivity contribution is 0.0673. The minimum Gasteiger partial charge on any atom is -0.338 e. The van der Waals surface area contributed by atoms with Crippen molar-refractivity contribution in [2.24, 2.45) is 5.92 Å². The van der Waals surface area contributed by atoms with Crippen LogP contribution in [0.25, 0.3) is 10.9 Å². The van der Waals surface area contributed by atoms with E-state index in [1.807, 2.05) is 53.6 Å². The maximum Gasteiger partial charge on any atom is 0.253 e. The average molecular weight is 331 g/mol. The van der Waals surface area contributed by atoms with Crippen LogP contribution in [-0.4, -0.2) is 33.9 Å². The molecule has 0 aliphatic carbocycles. The van der Waals surface area contributed by atoms with Crippen LogP contribution in [0, 0.1) is 5.92 Å². The van der Waals surface area contributed by atoms with Crippen molar-refractivity contribution in [3.05, 3.63) is 72.2 Å². The Morgan fingerprint density at radius 1 is 1.08 bits per heavy atom. The molecule has 0 N–H and O–H groups in total. The Labute approximate surface area is 147 Å². The van der Waals surface area contributed by atoms with Gasteiger partial charge in [0.25, 0.3) is 5.91 Å². The van der Waals surface area contributed by atoms with Gasteiger partial charge in [-0.05, 0) is 61.6 Å². The summed E-state index contributed by atoms with van der Waals surface area (Å²) in [6.45, 7) is 1.64. The van der Waals surface area contributed by atoms with Crippen LogP contribution in [0.15, 0.2) is 60.9 Å².